The maximum absolute atomic E-state index is 13.2. The first-order valence-electron chi connectivity index (χ1n) is 9.85. The van der Waals surface area contributed by atoms with Gasteiger partial charge in [-0.1, -0.05) is 35.9 Å². The summed E-state index contributed by atoms with van der Waals surface area (Å²) in [5.74, 6) is -0.299. The number of rotatable bonds is 9. The van der Waals surface area contributed by atoms with Crippen LogP contribution < -0.4 is 4.74 Å². The average Bonchev–Trinajstić information content (AvgIpc) is 2.85. The molecule has 3 aromatic carbocycles. The molecule has 0 saturated carbocycles. The summed E-state index contributed by atoms with van der Waals surface area (Å²) in [6.07, 6.45) is -1.55. The van der Waals surface area contributed by atoms with Gasteiger partial charge in [-0.2, -0.15) is 0 Å². The number of nitrogens with zero attached hydrogens (tertiary/aromatic N) is 1. The quantitative estimate of drug-likeness (QED) is 0.276. The Balaban J connectivity index is 2.10. The Bertz CT molecular complexity index is 1100. The van der Waals surface area contributed by atoms with Gasteiger partial charge >= 0.3 is 5.97 Å². The first kappa shape index (κ1) is 24.2. The van der Waals surface area contributed by atoms with Crippen LogP contribution in [-0.4, -0.2) is 30.2 Å². The molecule has 0 aliphatic rings. The van der Waals surface area contributed by atoms with Crippen molar-refractivity contribution in [2.45, 2.75) is 18.3 Å². The normalized spacial score (nSPS) is 13.6. The summed E-state index contributed by atoms with van der Waals surface area (Å²) >= 11 is 5.95. The Labute approximate surface area is 195 Å². The maximum Gasteiger partial charge on any atom is 0.346 e. The second kappa shape index (κ2) is 10.4. The Morgan fingerprint density at radius 3 is 2.15 bits per heavy atom. The monoisotopic (exact) mass is 471 g/mol. The van der Waals surface area contributed by atoms with E-state index in [1.165, 1.54) is 38.5 Å². The van der Waals surface area contributed by atoms with E-state index in [1.807, 2.05) is 0 Å². The fraction of sp³-hybridized carbons (Fsp3) is 0.208. The standard InChI is InChI=1S/C24H22ClNO7/c1-31-21-13-7-18(8-14-21)24(23(28)32-2,33-15-16-3-9-19(25)10-4-16)22(27)17-5-11-20(12-6-17)26(29)30/h3-14,22,27H,15H2,1-2H3/t22-,24-/m0/s1. The highest BCUT2D eigenvalue weighted by Crippen LogP contribution is 2.41. The van der Waals surface area contributed by atoms with Crippen molar-refractivity contribution in [3.8, 4) is 5.75 Å². The fourth-order valence-electron chi connectivity index (χ4n) is 3.39. The van der Waals surface area contributed by atoms with Crippen LogP contribution in [0.15, 0.2) is 72.8 Å². The number of carbonyl (C=O) groups is 1. The van der Waals surface area contributed by atoms with Gasteiger partial charge in [-0.3, -0.25) is 10.1 Å². The van der Waals surface area contributed by atoms with Gasteiger partial charge in [0.2, 0.25) is 5.60 Å². The number of hydrogen-bond donors (Lipinski definition) is 1. The molecule has 0 bridgehead atoms. The van der Waals surface area contributed by atoms with E-state index in [9.17, 15) is 20.0 Å². The van der Waals surface area contributed by atoms with Crippen molar-refractivity contribution in [2.75, 3.05) is 14.2 Å². The zero-order valence-electron chi connectivity index (χ0n) is 17.9. The molecule has 0 aliphatic heterocycles. The number of hydrogen-bond acceptors (Lipinski definition) is 7. The van der Waals surface area contributed by atoms with Crippen molar-refractivity contribution in [3.63, 3.8) is 0 Å². The number of benzene rings is 3. The molecule has 0 aromatic heterocycles. The molecule has 0 fully saturated rings. The van der Waals surface area contributed by atoms with E-state index in [-0.39, 0.29) is 17.9 Å². The predicted octanol–water partition coefficient (Wildman–Crippen LogP) is 4.58. The van der Waals surface area contributed by atoms with Crippen LogP contribution in [0.4, 0.5) is 5.69 Å². The van der Waals surface area contributed by atoms with Gasteiger partial charge < -0.3 is 19.3 Å². The maximum atomic E-state index is 13.2. The molecular formula is C24H22ClNO7. The van der Waals surface area contributed by atoms with Crippen molar-refractivity contribution in [1.29, 1.82) is 0 Å². The summed E-state index contributed by atoms with van der Waals surface area (Å²) in [7, 11) is 2.69. The summed E-state index contributed by atoms with van der Waals surface area (Å²) < 4.78 is 16.4. The summed E-state index contributed by atoms with van der Waals surface area (Å²) in [6, 6.07) is 18.5. The SMILES string of the molecule is COC(=O)[C@](OCc1ccc(Cl)cc1)(c1ccc(OC)cc1)[C@@H](O)c1ccc([N+](=O)[O-])cc1. The Hall–Kier alpha value is -3.46. The third-order valence-electron chi connectivity index (χ3n) is 5.19. The zero-order chi connectivity index (χ0) is 24.0. The minimum Gasteiger partial charge on any atom is -0.497 e. The van der Waals surface area contributed by atoms with Crippen LogP contribution in [0.3, 0.4) is 0 Å². The van der Waals surface area contributed by atoms with Crippen LogP contribution in [0.25, 0.3) is 0 Å². The Morgan fingerprint density at radius 1 is 1.03 bits per heavy atom. The summed E-state index contributed by atoms with van der Waals surface area (Å²) in [6.45, 7) is -0.0532. The van der Waals surface area contributed by atoms with E-state index in [0.29, 0.717) is 21.9 Å². The number of carbonyl (C=O) groups excluding carboxylic acids is 1. The molecule has 0 heterocycles. The number of aliphatic hydroxyl groups is 1. The lowest BCUT2D eigenvalue weighted by molar-refractivity contribution is -0.384. The van der Waals surface area contributed by atoms with Gasteiger partial charge in [0, 0.05) is 17.2 Å². The molecule has 0 radical (unpaired) electrons. The van der Waals surface area contributed by atoms with Crippen molar-refractivity contribution in [3.05, 3.63) is 105 Å². The van der Waals surface area contributed by atoms with Gasteiger partial charge in [-0.25, -0.2) is 4.79 Å². The molecule has 172 valence electrons. The number of methoxy groups -OCH3 is 2. The van der Waals surface area contributed by atoms with E-state index in [2.05, 4.69) is 0 Å². The fourth-order valence-corrected chi connectivity index (χ4v) is 3.52. The number of nitro groups is 1. The molecule has 0 saturated heterocycles. The van der Waals surface area contributed by atoms with Crippen LogP contribution in [0, 0.1) is 10.1 Å². The number of esters is 1. The Kier molecular flexibility index (Phi) is 7.65. The number of halogens is 1. The third kappa shape index (κ3) is 5.14. The molecule has 0 spiro atoms. The van der Waals surface area contributed by atoms with E-state index in [1.54, 1.807) is 48.5 Å². The van der Waals surface area contributed by atoms with Gasteiger partial charge in [-0.05, 0) is 53.1 Å². The number of nitro benzene ring substituents is 1. The minimum absolute atomic E-state index is 0.0532. The summed E-state index contributed by atoms with van der Waals surface area (Å²) in [5.41, 5.74) is -0.873. The van der Waals surface area contributed by atoms with Gasteiger partial charge in [0.05, 0.1) is 25.7 Å². The predicted molar refractivity (Wildman–Crippen MR) is 121 cm³/mol. The van der Waals surface area contributed by atoms with Crippen molar-refractivity contribution < 1.29 is 29.0 Å². The highest BCUT2D eigenvalue weighted by Gasteiger charge is 2.50. The second-order valence-corrected chi connectivity index (χ2v) is 7.56. The summed E-state index contributed by atoms with van der Waals surface area (Å²) in [4.78, 5) is 23.7. The van der Waals surface area contributed by atoms with Crippen molar-refractivity contribution in [1.82, 2.24) is 0 Å². The van der Waals surface area contributed by atoms with E-state index in [4.69, 9.17) is 25.8 Å². The lowest BCUT2D eigenvalue weighted by Gasteiger charge is -2.36. The van der Waals surface area contributed by atoms with Gasteiger partial charge in [0.15, 0.2) is 0 Å². The zero-order valence-corrected chi connectivity index (χ0v) is 18.7. The number of non-ortho nitro benzene ring substituents is 1. The smallest absolute Gasteiger partial charge is 0.346 e. The van der Waals surface area contributed by atoms with Crippen LogP contribution in [0.2, 0.25) is 5.02 Å². The van der Waals surface area contributed by atoms with Crippen LogP contribution in [0.5, 0.6) is 5.75 Å². The highest BCUT2D eigenvalue weighted by atomic mass is 35.5. The molecule has 0 amide bonds. The molecule has 0 aliphatic carbocycles. The molecule has 1 N–H and O–H groups in total. The van der Waals surface area contributed by atoms with Crippen LogP contribution in [0.1, 0.15) is 22.8 Å². The van der Waals surface area contributed by atoms with Crippen LogP contribution in [-0.2, 0) is 26.5 Å². The minimum atomic E-state index is -1.98. The van der Waals surface area contributed by atoms with Gasteiger partial charge in [0.1, 0.15) is 11.9 Å². The molecule has 0 unspecified atom stereocenters. The van der Waals surface area contributed by atoms with E-state index < -0.39 is 22.6 Å². The van der Waals surface area contributed by atoms with Crippen molar-refractivity contribution >= 4 is 23.3 Å². The molecule has 3 rings (SSSR count). The molecular weight excluding hydrogens is 450 g/mol. The molecule has 3 aromatic rings. The first-order valence-corrected chi connectivity index (χ1v) is 10.2. The average molecular weight is 472 g/mol. The molecule has 8 nitrogen and oxygen atoms in total. The molecule has 33 heavy (non-hydrogen) atoms. The lowest BCUT2D eigenvalue weighted by atomic mass is 9.83. The first-order chi connectivity index (χ1) is 15.8. The topological polar surface area (TPSA) is 108 Å². The summed E-state index contributed by atoms with van der Waals surface area (Å²) in [5, 5.41) is 23.0. The van der Waals surface area contributed by atoms with Crippen molar-refractivity contribution in [2.24, 2.45) is 0 Å². The number of aliphatic hydroxyl groups excluding tert-OH is 1. The highest BCUT2D eigenvalue weighted by molar-refractivity contribution is 6.30. The lowest BCUT2D eigenvalue weighted by Crippen LogP contribution is -2.45. The third-order valence-corrected chi connectivity index (χ3v) is 5.44. The molecule has 9 heteroatoms. The Morgan fingerprint density at radius 2 is 1.64 bits per heavy atom. The van der Waals surface area contributed by atoms with E-state index in [0.717, 1.165) is 0 Å². The largest absolute Gasteiger partial charge is 0.497 e. The van der Waals surface area contributed by atoms with E-state index >= 15 is 0 Å². The second-order valence-electron chi connectivity index (χ2n) is 7.12. The molecule has 2 atom stereocenters. The van der Waals surface area contributed by atoms with Gasteiger partial charge in [0.25, 0.3) is 5.69 Å². The van der Waals surface area contributed by atoms with Crippen LogP contribution >= 0.6 is 11.6 Å². The van der Waals surface area contributed by atoms with Gasteiger partial charge in [-0.15, -0.1) is 0 Å². The number of ether oxygens (including phenoxy) is 3.